The van der Waals surface area contributed by atoms with Gasteiger partial charge in [-0.05, 0) is 81.1 Å². The third kappa shape index (κ3) is 2.10. The fraction of sp³-hybridized carbons (Fsp3) is 0.810. The Balaban J connectivity index is 1.74. The lowest BCUT2D eigenvalue weighted by molar-refractivity contribution is -0.178. The largest absolute Gasteiger partial charge is 0.411 e. The molecule has 26 heavy (non-hydrogen) atoms. The molecule has 3 saturated carbocycles. The molecule has 4 rings (SSSR count). The number of Topliss-reactive ketones (excluding diaryl/α,β-unsaturated/α-hetero) is 1. The molecule has 0 spiro atoms. The van der Waals surface area contributed by atoms with Crippen LogP contribution in [-0.4, -0.2) is 38.6 Å². The number of carbonyl (C=O) groups excluding carboxylic acids is 1. The first kappa shape index (κ1) is 18.2. The van der Waals surface area contributed by atoms with Gasteiger partial charge in [0.05, 0.1) is 11.8 Å². The number of oxime groups is 1. The van der Waals surface area contributed by atoms with E-state index in [0.29, 0.717) is 18.8 Å². The molecule has 3 N–H and O–H groups in total. The lowest BCUT2D eigenvalue weighted by Gasteiger charge is -2.60. The molecule has 4 aliphatic carbocycles. The van der Waals surface area contributed by atoms with Gasteiger partial charge in [0, 0.05) is 5.41 Å². The number of aliphatic hydroxyl groups excluding tert-OH is 1. The molecule has 0 amide bonds. The van der Waals surface area contributed by atoms with E-state index in [9.17, 15) is 15.0 Å². The van der Waals surface area contributed by atoms with Crippen LogP contribution in [0.5, 0.6) is 0 Å². The Hall–Kier alpha value is -1.20. The van der Waals surface area contributed by atoms with Gasteiger partial charge in [0.2, 0.25) is 0 Å². The maximum atomic E-state index is 12.3. The molecular formula is C21H31NO4. The first-order valence-electron chi connectivity index (χ1n) is 10.0. The molecule has 0 heterocycles. The van der Waals surface area contributed by atoms with Gasteiger partial charge in [-0.25, -0.2) is 0 Å². The zero-order chi connectivity index (χ0) is 18.9. The lowest BCUT2D eigenvalue weighted by atomic mass is 9.45. The average molecular weight is 361 g/mol. The Morgan fingerprint density at radius 3 is 2.62 bits per heavy atom. The quantitative estimate of drug-likeness (QED) is 0.494. The van der Waals surface area contributed by atoms with Crippen molar-refractivity contribution in [2.24, 2.45) is 33.7 Å². The molecule has 144 valence electrons. The highest BCUT2D eigenvalue weighted by molar-refractivity contribution is 5.96. The van der Waals surface area contributed by atoms with Crippen molar-refractivity contribution in [3.63, 3.8) is 0 Å². The standard InChI is InChI=1S/C21H31NO4/c1-12(23)21(25)9-7-16-15-5-4-13-10-14(22-26)6-8-19(13,2)18(15)17(24)11-20(16,21)3/h10,15-18,24-26H,4-9,11H2,1-3H3/b22-14+/t15-,16?,17-,18?,19-,20-,21-/m0/s1. The van der Waals surface area contributed by atoms with Crippen molar-refractivity contribution < 1.29 is 20.2 Å². The summed E-state index contributed by atoms with van der Waals surface area (Å²) in [5.41, 5.74) is 0.0976. The number of ketones is 1. The number of fused-ring (bicyclic) bond motifs is 5. The number of hydrogen-bond donors (Lipinski definition) is 3. The number of carbonyl (C=O) groups is 1. The monoisotopic (exact) mass is 361 g/mol. The Morgan fingerprint density at radius 1 is 1.23 bits per heavy atom. The van der Waals surface area contributed by atoms with E-state index in [2.05, 4.69) is 12.1 Å². The molecule has 0 aromatic heterocycles. The molecule has 0 aliphatic heterocycles. The number of rotatable bonds is 1. The van der Waals surface area contributed by atoms with E-state index in [4.69, 9.17) is 5.21 Å². The van der Waals surface area contributed by atoms with Crippen LogP contribution in [-0.2, 0) is 4.79 Å². The Bertz CT molecular complexity index is 700. The minimum atomic E-state index is -1.30. The molecule has 0 aromatic rings. The van der Waals surface area contributed by atoms with Gasteiger partial charge in [-0.15, -0.1) is 0 Å². The summed E-state index contributed by atoms with van der Waals surface area (Å²) >= 11 is 0. The topological polar surface area (TPSA) is 90.1 Å². The number of hydrogen-bond acceptors (Lipinski definition) is 5. The van der Waals surface area contributed by atoms with E-state index in [1.807, 2.05) is 13.0 Å². The summed E-state index contributed by atoms with van der Waals surface area (Å²) in [5.74, 6) is 0.593. The number of aliphatic hydroxyl groups is 2. The summed E-state index contributed by atoms with van der Waals surface area (Å²) in [6.07, 6.45) is 6.89. The molecular weight excluding hydrogens is 330 g/mol. The van der Waals surface area contributed by atoms with Crippen molar-refractivity contribution in [1.82, 2.24) is 0 Å². The van der Waals surface area contributed by atoms with E-state index >= 15 is 0 Å². The fourth-order valence-corrected chi connectivity index (χ4v) is 7.36. The zero-order valence-corrected chi connectivity index (χ0v) is 16.0. The van der Waals surface area contributed by atoms with Gasteiger partial charge in [-0.2, -0.15) is 0 Å². The second kappa shape index (κ2) is 5.65. The lowest BCUT2D eigenvalue weighted by Crippen LogP contribution is -2.61. The molecule has 5 heteroatoms. The van der Waals surface area contributed by atoms with Crippen molar-refractivity contribution in [2.45, 2.75) is 77.4 Å². The van der Waals surface area contributed by atoms with Crippen LogP contribution in [0.3, 0.4) is 0 Å². The van der Waals surface area contributed by atoms with Crippen molar-refractivity contribution in [2.75, 3.05) is 0 Å². The second-order valence-corrected chi connectivity index (χ2v) is 9.66. The Labute approximate surface area is 155 Å². The smallest absolute Gasteiger partial charge is 0.161 e. The van der Waals surface area contributed by atoms with E-state index in [1.165, 1.54) is 12.5 Å². The predicted molar refractivity (Wildman–Crippen MR) is 97.9 cm³/mol. The zero-order valence-electron chi connectivity index (χ0n) is 16.0. The summed E-state index contributed by atoms with van der Waals surface area (Å²) in [4.78, 5) is 12.3. The summed E-state index contributed by atoms with van der Waals surface area (Å²) < 4.78 is 0. The average Bonchev–Trinajstić information content (AvgIpc) is 2.86. The van der Waals surface area contributed by atoms with Gasteiger partial charge in [-0.1, -0.05) is 24.6 Å². The highest BCUT2D eigenvalue weighted by Crippen LogP contribution is 2.67. The van der Waals surface area contributed by atoms with Crippen molar-refractivity contribution in [3.8, 4) is 0 Å². The first-order chi connectivity index (χ1) is 12.2. The van der Waals surface area contributed by atoms with Gasteiger partial charge in [0.15, 0.2) is 5.78 Å². The molecule has 0 radical (unpaired) electrons. The van der Waals surface area contributed by atoms with Gasteiger partial charge in [0.1, 0.15) is 5.60 Å². The molecule has 0 aromatic carbocycles. The highest BCUT2D eigenvalue weighted by Gasteiger charge is 2.67. The fourth-order valence-electron chi connectivity index (χ4n) is 7.36. The predicted octanol–water partition coefficient (Wildman–Crippen LogP) is 3.07. The van der Waals surface area contributed by atoms with E-state index in [0.717, 1.165) is 37.8 Å². The van der Waals surface area contributed by atoms with Gasteiger partial charge < -0.3 is 15.4 Å². The van der Waals surface area contributed by atoms with Crippen molar-refractivity contribution >= 4 is 11.5 Å². The van der Waals surface area contributed by atoms with Crippen LogP contribution in [0.1, 0.15) is 65.7 Å². The van der Waals surface area contributed by atoms with E-state index in [-0.39, 0.29) is 23.0 Å². The molecule has 4 aliphatic rings. The van der Waals surface area contributed by atoms with Crippen LogP contribution in [0, 0.1) is 28.6 Å². The maximum Gasteiger partial charge on any atom is 0.161 e. The van der Waals surface area contributed by atoms with Crippen LogP contribution in [0.25, 0.3) is 0 Å². The molecule has 7 atom stereocenters. The normalized spacial score (nSPS) is 52.0. The Morgan fingerprint density at radius 2 is 1.96 bits per heavy atom. The van der Waals surface area contributed by atoms with Crippen LogP contribution in [0.4, 0.5) is 0 Å². The number of nitrogens with zero attached hydrogens (tertiary/aromatic N) is 1. The van der Waals surface area contributed by atoms with Crippen molar-refractivity contribution in [1.29, 1.82) is 0 Å². The van der Waals surface area contributed by atoms with Gasteiger partial charge >= 0.3 is 0 Å². The second-order valence-electron chi connectivity index (χ2n) is 9.66. The molecule has 0 saturated heterocycles. The van der Waals surface area contributed by atoms with Crippen molar-refractivity contribution in [3.05, 3.63) is 11.6 Å². The molecule has 3 fully saturated rings. The summed E-state index contributed by atoms with van der Waals surface area (Å²) in [7, 11) is 0. The van der Waals surface area contributed by atoms with Crippen LogP contribution < -0.4 is 0 Å². The van der Waals surface area contributed by atoms with Gasteiger partial charge in [0.25, 0.3) is 0 Å². The van der Waals surface area contributed by atoms with Gasteiger partial charge in [-0.3, -0.25) is 4.79 Å². The maximum absolute atomic E-state index is 12.3. The molecule has 5 nitrogen and oxygen atoms in total. The highest BCUT2D eigenvalue weighted by atomic mass is 16.4. The summed E-state index contributed by atoms with van der Waals surface area (Å²) in [6, 6.07) is 0. The van der Waals surface area contributed by atoms with Crippen LogP contribution in [0.2, 0.25) is 0 Å². The SMILES string of the molecule is CC(=O)[C@@]1(O)CCC2[C@@H]3CCC4=C/C(=N/O)CC[C@]4(C)C3[C@@H](O)C[C@@]21C. The van der Waals surface area contributed by atoms with Crippen LogP contribution >= 0.6 is 0 Å². The van der Waals surface area contributed by atoms with Crippen LogP contribution in [0.15, 0.2) is 16.8 Å². The summed E-state index contributed by atoms with van der Waals surface area (Å²) in [6.45, 7) is 5.77. The Kier molecular flexibility index (Phi) is 3.95. The summed E-state index contributed by atoms with van der Waals surface area (Å²) in [5, 5.41) is 35.0. The third-order valence-corrected chi connectivity index (χ3v) is 8.77. The van der Waals surface area contributed by atoms with E-state index < -0.39 is 17.1 Å². The minimum absolute atomic E-state index is 0.0885. The third-order valence-electron chi connectivity index (χ3n) is 8.77. The first-order valence-corrected chi connectivity index (χ1v) is 10.0. The number of allylic oxidation sites excluding steroid dienone is 2. The van der Waals surface area contributed by atoms with E-state index in [1.54, 1.807) is 0 Å². The molecule has 0 bridgehead atoms. The molecule has 2 unspecified atom stereocenters. The minimum Gasteiger partial charge on any atom is -0.411 e.